The zero-order valence-electron chi connectivity index (χ0n) is 11.2. The van der Waals surface area contributed by atoms with Crippen molar-refractivity contribution in [3.63, 3.8) is 0 Å². The second-order valence-electron chi connectivity index (χ2n) is 4.27. The maximum absolute atomic E-state index is 11.7. The monoisotopic (exact) mass is 291 g/mol. The molecule has 0 aromatic heterocycles. The van der Waals surface area contributed by atoms with Crippen LogP contribution >= 0.6 is 0 Å². The van der Waals surface area contributed by atoms with Crippen LogP contribution in [0.1, 0.15) is 17.5 Å². The van der Waals surface area contributed by atoms with Gasteiger partial charge in [-0.1, -0.05) is 6.07 Å². The number of hydroxylamine groups is 1. The van der Waals surface area contributed by atoms with Crippen LogP contribution in [0, 0.1) is 13.8 Å². The lowest BCUT2D eigenvalue weighted by atomic mass is 10.1. The summed E-state index contributed by atoms with van der Waals surface area (Å²) >= 11 is 0. The molecule has 20 heavy (non-hydrogen) atoms. The number of aryl methyl sites for hydroxylation is 2. The van der Waals surface area contributed by atoms with E-state index in [0.29, 0.717) is 5.75 Å². The quantitative estimate of drug-likeness (QED) is 0.820. The number of ether oxygens (including phenoxy) is 1. The summed E-state index contributed by atoms with van der Waals surface area (Å²) in [5.74, 6) is -0.0600. The summed E-state index contributed by atoms with van der Waals surface area (Å²) in [6, 6.07) is 5.48. The molecule has 0 saturated heterocycles. The zero-order valence-corrected chi connectivity index (χ0v) is 11.2. The predicted octanol–water partition coefficient (Wildman–Crippen LogP) is 2.68. The highest BCUT2D eigenvalue weighted by Crippen LogP contribution is 2.16. The molecule has 112 valence electrons. The first kappa shape index (κ1) is 16.3. The topological polar surface area (TPSA) is 47.6 Å². The van der Waals surface area contributed by atoms with E-state index >= 15 is 0 Å². The van der Waals surface area contributed by atoms with Crippen LogP contribution in [0.4, 0.5) is 13.2 Å². The number of carbonyl (C=O) groups is 1. The molecular weight excluding hydrogens is 275 g/mol. The lowest BCUT2D eigenvalue weighted by molar-refractivity contribution is -0.191. The van der Waals surface area contributed by atoms with Crippen molar-refractivity contribution >= 4 is 5.91 Å². The van der Waals surface area contributed by atoms with Crippen LogP contribution in [-0.2, 0) is 9.63 Å². The molecule has 1 amide bonds. The van der Waals surface area contributed by atoms with Gasteiger partial charge in [0.2, 0.25) is 5.91 Å². The molecule has 4 nitrogen and oxygen atoms in total. The maximum atomic E-state index is 11.7. The predicted molar refractivity (Wildman–Crippen MR) is 66.2 cm³/mol. The molecule has 0 fully saturated rings. The molecule has 0 atom stereocenters. The van der Waals surface area contributed by atoms with Crippen LogP contribution in [0.5, 0.6) is 5.75 Å². The van der Waals surface area contributed by atoms with Gasteiger partial charge in [0, 0.05) is 0 Å². The van der Waals surface area contributed by atoms with Gasteiger partial charge in [-0.25, -0.2) is 5.48 Å². The smallest absolute Gasteiger partial charge is 0.414 e. The van der Waals surface area contributed by atoms with Gasteiger partial charge in [-0.3, -0.25) is 9.63 Å². The SMILES string of the molecule is Cc1ccc(OCCC(=O)NOCC(F)(F)F)cc1C. The normalized spacial score (nSPS) is 11.2. The van der Waals surface area contributed by atoms with Crippen LogP contribution in [0.2, 0.25) is 0 Å². The Morgan fingerprint density at radius 2 is 1.95 bits per heavy atom. The van der Waals surface area contributed by atoms with Gasteiger partial charge in [0.25, 0.3) is 0 Å². The van der Waals surface area contributed by atoms with Crippen molar-refractivity contribution in [3.05, 3.63) is 29.3 Å². The molecule has 1 rings (SSSR count). The third-order valence-electron chi connectivity index (χ3n) is 2.50. The molecular formula is C13H16F3NO3. The molecule has 1 N–H and O–H groups in total. The number of alkyl halides is 3. The Hall–Kier alpha value is -1.76. The molecule has 0 bridgehead atoms. The minimum Gasteiger partial charge on any atom is -0.493 e. The van der Waals surface area contributed by atoms with Gasteiger partial charge in [-0.15, -0.1) is 0 Å². The first-order chi connectivity index (χ1) is 9.28. The average Bonchev–Trinajstić information content (AvgIpc) is 2.32. The molecule has 0 aliphatic rings. The van der Waals surface area contributed by atoms with Crippen molar-refractivity contribution in [1.29, 1.82) is 0 Å². The lowest BCUT2D eigenvalue weighted by Crippen LogP contribution is -2.30. The highest BCUT2D eigenvalue weighted by molar-refractivity contribution is 5.74. The number of halogens is 3. The molecule has 0 unspecified atom stereocenters. The zero-order chi connectivity index (χ0) is 15.2. The number of rotatable bonds is 6. The van der Waals surface area contributed by atoms with E-state index in [1.807, 2.05) is 26.0 Å². The van der Waals surface area contributed by atoms with Gasteiger partial charge in [-0.2, -0.15) is 13.2 Å². The van der Waals surface area contributed by atoms with E-state index in [4.69, 9.17) is 4.74 Å². The number of amides is 1. The lowest BCUT2D eigenvalue weighted by Gasteiger charge is -2.10. The molecule has 1 aromatic rings. The van der Waals surface area contributed by atoms with E-state index in [1.54, 1.807) is 11.5 Å². The molecule has 0 saturated carbocycles. The van der Waals surface area contributed by atoms with E-state index in [-0.39, 0.29) is 13.0 Å². The van der Waals surface area contributed by atoms with E-state index < -0.39 is 18.7 Å². The second-order valence-corrected chi connectivity index (χ2v) is 4.27. The highest BCUT2D eigenvalue weighted by Gasteiger charge is 2.28. The van der Waals surface area contributed by atoms with Gasteiger partial charge in [-0.05, 0) is 37.1 Å². The molecule has 7 heteroatoms. The Balaban J connectivity index is 2.23. The van der Waals surface area contributed by atoms with Gasteiger partial charge in [0.15, 0.2) is 6.61 Å². The summed E-state index contributed by atoms with van der Waals surface area (Å²) in [4.78, 5) is 15.2. The second kappa shape index (κ2) is 7.14. The largest absolute Gasteiger partial charge is 0.493 e. The highest BCUT2D eigenvalue weighted by atomic mass is 19.4. The van der Waals surface area contributed by atoms with E-state index in [2.05, 4.69) is 4.84 Å². The molecule has 0 radical (unpaired) electrons. The Morgan fingerprint density at radius 1 is 1.25 bits per heavy atom. The summed E-state index contributed by atoms with van der Waals surface area (Å²) in [5.41, 5.74) is 3.88. The minimum absolute atomic E-state index is 0.0592. The minimum atomic E-state index is -4.47. The summed E-state index contributed by atoms with van der Waals surface area (Å²) in [6.45, 7) is 2.44. The van der Waals surface area contributed by atoms with Crippen LogP contribution in [-0.4, -0.2) is 25.3 Å². The van der Waals surface area contributed by atoms with Crippen molar-refractivity contribution in [2.45, 2.75) is 26.4 Å². The molecule has 0 heterocycles. The summed E-state index contributed by atoms with van der Waals surface area (Å²) in [6.07, 6.45) is -4.56. The fourth-order valence-corrected chi connectivity index (χ4v) is 1.31. The number of benzene rings is 1. The van der Waals surface area contributed by atoms with Crippen molar-refractivity contribution in [2.24, 2.45) is 0 Å². The molecule has 0 spiro atoms. The van der Waals surface area contributed by atoms with Crippen LogP contribution in [0.15, 0.2) is 18.2 Å². The van der Waals surface area contributed by atoms with Crippen molar-refractivity contribution < 1.29 is 27.5 Å². The fourth-order valence-electron chi connectivity index (χ4n) is 1.31. The number of hydrogen-bond donors (Lipinski definition) is 1. The first-order valence-corrected chi connectivity index (χ1v) is 5.95. The number of hydrogen-bond acceptors (Lipinski definition) is 3. The summed E-state index contributed by atoms with van der Waals surface area (Å²) < 4.78 is 40.6. The van der Waals surface area contributed by atoms with Gasteiger partial charge >= 0.3 is 6.18 Å². The van der Waals surface area contributed by atoms with Crippen molar-refractivity contribution in [3.8, 4) is 5.75 Å². The van der Waals surface area contributed by atoms with E-state index in [9.17, 15) is 18.0 Å². The van der Waals surface area contributed by atoms with Crippen LogP contribution < -0.4 is 10.2 Å². The summed E-state index contributed by atoms with van der Waals surface area (Å²) in [5, 5.41) is 0. The molecule has 0 aliphatic heterocycles. The summed E-state index contributed by atoms with van der Waals surface area (Å²) in [7, 11) is 0. The maximum Gasteiger partial charge on any atom is 0.414 e. The Morgan fingerprint density at radius 3 is 2.55 bits per heavy atom. The van der Waals surface area contributed by atoms with E-state index in [1.165, 1.54) is 0 Å². The molecule has 0 aliphatic carbocycles. The Kier molecular flexibility index (Phi) is 5.82. The van der Waals surface area contributed by atoms with E-state index in [0.717, 1.165) is 11.1 Å². The van der Waals surface area contributed by atoms with Crippen LogP contribution in [0.25, 0.3) is 0 Å². The van der Waals surface area contributed by atoms with Gasteiger partial charge in [0.05, 0.1) is 13.0 Å². The third-order valence-corrected chi connectivity index (χ3v) is 2.50. The molecule has 1 aromatic carbocycles. The third kappa shape index (κ3) is 6.42. The average molecular weight is 291 g/mol. The first-order valence-electron chi connectivity index (χ1n) is 5.95. The standard InChI is InChI=1S/C13H16F3NO3/c1-9-3-4-11(7-10(9)2)19-6-5-12(18)17-20-8-13(14,15)16/h3-4,7H,5-6,8H2,1-2H3,(H,17,18). The Labute approximate surface area is 114 Å². The van der Waals surface area contributed by atoms with Crippen molar-refractivity contribution in [1.82, 2.24) is 5.48 Å². The van der Waals surface area contributed by atoms with Crippen LogP contribution in [0.3, 0.4) is 0 Å². The fraction of sp³-hybridized carbons (Fsp3) is 0.462. The number of nitrogens with one attached hydrogen (secondary N) is 1. The van der Waals surface area contributed by atoms with Gasteiger partial charge < -0.3 is 4.74 Å². The van der Waals surface area contributed by atoms with Gasteiger partial charge in [0.1, 0.15) is 5.75 Å². The number of carbonyl (C=O) groups excluding carboxylic acids is 1. The van der Waals surface area contributed by atoms with Crippen molar-refractivity contribution in [2.75, 3.05) is 13.2 Å². The Bertz CT molecular complexity index is 461.